The predicted octanol–water partition coefficient (Wildman–Crippen LogP) is 6.66. The Bertz CT molecular complexity index is 1550. The molecule has 0 unspecified atom stereocenters. The van der Waals surface area contributed by atoms with Gasteiger partial charge in [0, 0.05) is 30.9 Å². The molecule has 5 nitrogen and oxygen atoms in total. The molecule has 0 N–H and O–H groups in total. The first-order valence-electron chi connectivity index (χ1n) is 13.0. The molecule has 1 aromatic heterocycles. The topological polar surface area (TPSA) is 55.2 Å². The normalized spacial score (nSPS) is 17.1. The van der Waals surface area contributed by atoms with Gasteiger partial charge >= 0.3 is 6.18 Å². The number of amides is 1. The minimum absolute atomic E-state index is 0.191. The van der Waals surface area contributed by atoms with E-state index in [9.17, 15) is 27.2 Å². The molecule has 0 aliphatic carbocycles. The Labute approximate surface area is 229 Å². The van der Waals surface area contributed by atoms with Gasteiger partial charge in [0.1, 0.15) is 17.4 Å². The number of ketones is 1. The van der Waals surface area contributed by atoms with Crippen LogP contribution in [-0.2, 0) is 22.2 Å². The maximum absolute atomic E-state index is 14.0. The molecule has 5 rings (SSSR count). The van der Waals surface area contributed by atoms with E-state index < -0.39 is 29.4 Å². The fourth-order valence-electron chi connectivity index (χ4n) is 5.53. The average molecular weight is 550 g/mol. The van der Waals surface area contributed by atoms with Crippen molar-refractivity contribution in [1.82, 2.24) is 9.78 Å². The van der Waals surface area contributed by atoms with E-state index in [1.165, 1.54) is 24.3 Å². The van der Waals surface area contributed by atoms with Gasteiger partial charge in [-0.1, -0.05) is 48.5 Å². The number of halogens is 4. The Morgan fingerprint density at radius 3 is 2.33 bits per heavy atom. The van der Waals surface area contributed by atoms with Gasteiger partial charge in [0.05, 0.1) is 22.9 Å². The summed E-state index contributed by atoms with van der Waals surface area (Å²) in [4.78, 5) is 29.0. The Balaban J connectivity index is 1.57. The SMILES string of the molecule is CCN1C(=O)[C@@H](CC(=O)Cc2cccc(C(F)(F)F)c2)[C@@H](c2ccc(F)cc2)c2c(C)nn(-c3ccccc3)c21. The quantitative estimate of drug-likeness (QED) is 0.243. The van der Waals surface area contributed by atoms with Crippen molar-refractivity contribution in [3.63, 3.8) is 0 Å². The number of benzene rings is 3. The number of nitrogens with zero attached hydrogens (tertiary/aromatic N) is 3. The summed E-state index contributed by atoms with van der Waals surface area (Å²) in [5.74, 6) is -1.95. The first kappa shape index (κ1) is 27.3. The lowest BCUT2D eigenvalue weighted by molar-refractivity contribution is -0.137. The third-order valence-corrected chi connectivity index (χ3v) is 7.28. The molecule has 9 heteroatoms. The lowest BCUT2D eigenvalue weighted by atomic mass is 9.74. The number of carbonyl (C=O) groups excluding carboxylic acids is 2. The molecule has 1 aliphatic rings. The van der Waals surface area contributed by atoms with Crippen molar-refractivity contribution in [3.8, 4) is 5.69 Å². The maximum Gasteiger partial charge on any atom is 0.416 e. The number of aromatic nitrogens is 2. The van der Waals surface area contributed by atoms with Crippen LogP contribution in [0, 0.1) is 18.7 Å². The summed E-state index contributed by atoms with van der Waals surface area (Å²) in [6, 6.07) is 19.8. The summed E-state index contributed by atoms with van der Waals surface area (Å²) in [5, 5.41) is 4.76. The molecular formula is C31H27F4N3O2. The second kappa shape index (κ2) is 10.7. The highest BCUT2D eigenvalue weighted by Crippen LogP contribution is 2.47. The molecular weight excluding hydrogens is 522 g/mol. The van der Waals surface area contributed by atoms with E-state index in [1.54, 1.807) is 21.7 Å². The van der Waals surface area contributed by atoms with E-state index in [0.717, 1.165) is 23.4 Å². The van der Waals surface area contributed by atoms with Crippen LogP contribution in [0.2, 0.25) is 0 Å². The van der Waals surface area contributed by atoms with E-state index >= 15 is 0 Å². The van der Waals surface area contributed by atoms with Crippen LogP contribution in [0.25, 0.3) is 5.69 Å². The van der Waals surface area contributed by atoms with Crippen LogP contribution in [0.3, 0.4) is 0 Å². The second-order valence-corrected chi connectivity index (χ2v) is 9.91. The van der Waals surface area contributed by atoms with Crippen LogP contribution in [0.5, 0.6) is 0 Å². The lowest BCUT2D eigenvalue weighted by Gasteiger charge is -2.38. The number of para-hydroxylation sites is 1. The van der Waals surface area contributed by atoms with Gasteiger partial charge in [-0.25, -0.2) is 9.07 Å². The molecule has 0 radical (unpaired) electrons. The van der Waals surface area contributed by atoms with Gasteiger partial charge in [0.25, 0.3) is 0 Å². The van der Waals surface area contributed by atoms with Gasteiger partial charge in [-0.05, 0) is 55.3 Å². The Kier molecular flexibility index (Phi) is 7.31. The summed E-state index contributed by atoms with van der Waals surface area (Å²) in [6.45, 7) is 3.98. The molecule has 4 aromatic rings. The van der Waals surface area contributed by atoms with Crippen molar-refractivity contribution in [2.45, 2.75) is 38.8 Å². The summed E-state index contributed by atoms with van der Waals surface area (Å²) in [7, 11) is 0. The van der Waals surface area contributed by atoms with Gasteiger partial charge in [-0.2, -0.15) is 18.3 Å². The Hall–Kier alpha value is -4.27. The van der Waals surface area contributed by atoms with Crippen LogP contribution in [0.15, 0.2) is 78.9 Å². The molecule has 0 saturated heterocycles. The van der Waals surface area contributed by atoms with Crippen LogP contribution >= 0.6 is 0 Å². The largest absolute Gasteiger partial charge is 0.416 e. The van der Waals surface area contributed by atoms with Gasteiger partial charge in [0.2, 0.25) is 5.91 Å². The number of Topliss-reactive ketones (excluding diaryl/α,β-unsaturated/α-hetero) is 1. The molecule has 0 fully saturated rings. The average Bonchev–Trinajstić information content (AvgIpc) is 3.26. The maximum atomic E-state index is 14.0. The van der Waals surface area contributed by atoms with Gasteiger partial charge in [-0.15, -0.1) is 0 Å². The van der Waals surface area contributed by atoms with Crippen molar-refractivity contribution in [1.29, 1.82) is 0 Å². The van der Waals surface area contributed by atoms with Crippen molar-refractivity contribution < 1.29 is 27.2 Å². The first-order valence-corrected chi connectivity index (χ1v) is 13.0. The predicted molar refractivity (Wildman–Crippen MR) is 143 cm³/mol. The molecule has 1 amide bonds. The molecule has 206 valence electrons. The highest BCUT2D eigenvalue weighted by atomic mass is 19.4. The van der Waals surface area contributed by atoms with Gasteiger partial charge in [-0.3, -0.25) is 14.5 Å². The minimum Gasteiger partial charge on any atom is -0.299 e. The van der Waals surface area contributed by atoms with E-state index in [2.05, 4.69) is 0 Å². The summed E-state index contributed by atoms with van der Waals surface area (Å²) in [5.41, 5.74) is 2.22. The smallest absolute Gasteiger partial charge is 0.299 e. The van der Waals surface area contributed by atoms with Crippen molar-refractivity contribution in [3.05, 3.63) is 113 Å². The van der Waals surface area contributed by atoms with E-state index in [-0.39, 0.29) is 30.1 Å². The van der Waals surface area contributed by atoms with Gasteiger partial charge in [0.15, 0.2) is 0 Å². The zero-order valence-corrected chi connectivity index (χ0v) is 22.0. The first-order chi connectivity index (χ1) is 19.1. The zero-order chi connectivity index (χ0) is 28.6. The number of hydrogen-bond acceptors (Lipinski definition) is 3. The molecule has 0 bridgehead atoms. The highest BCUT2D eigenvalue weighted by Gasteiger charge is 2.45. The van der Waals surface area contributed by atoms with Crippen LogP contribution in [-0.4, -0.2) is 28.0 Å². The number of aryl methyl sites for hydroxylation is 1. The van der Waals surface area contributed by atoms with E-state index in [4.69, 9.17) is 5.10 Å². The van der Waals surface area contributed by atoms with Crippen molar-refractivity contribution in [2.24, 2.45) is 5.92 Å². The summed E-state index contributed by atoms with van der Waals surface area (Å²) >= 11 is 0. The third kappa shape index (κ3) is 5.15. The molecule has 3 aromatic carbocycles. The van der Waals surface area contributed by atoms with Crippen LogP contribution < -0.4 is 4.90 Å². The molecule has 2 atom stereocenters. The number of anilines is 1. The second-order valence-electron chi connectivity index (χ2n) is 9.91. The number of hydrogen-bond donors (Lipinski definition) is 0. The number of alkyl halides is 3. The van der Waals surface area contributed by atoms with Crippen molar-refractivity contribution in [2.75, 3.05) is 11.4 Å². The van der Waals surface area contributed by atoms with Crippen LogP contribution in [0.4, 0.5) is 23.4 Å². The Morgan fingerprint density at radius 2 is 1.68 bits per heavy atom. The van der Waals surface area contributed by atoms with Crippen molar-refractivity contribution >= 4 is 17.5 Å². The fourth-order valence-corrected chi connectivity index (χ4v) is 5.53. The monoisotopic (exact) mass is 549 g/mol. The summed E-state index contributed by atoms with van der Waals surface area (Å²) in [6.07, 6.45) is -4.96. The Morgan fingerprint density at radius 1 is 0.975 bits per heavy atom. The molecule has 1 aliphatic heterocycles. The van der Waals surface area contributed by atoms with E-state index in [1.807, 2.05) is 44.2 Å². The zero-order valence-electron chi connectivity index (χ0n) is 22.0. The highest BCUT2D eigenvalue weighted by molar-refractivity contribution is 6.01. The lowest BCUT2D eigenvalue weighted by Crippen LogP contribution is -2.45. The summed E-state index contributed by atoms with van der Waals surface area (Å²) < 4.78 is 55.2. The number of fused-ring (bicyclic) bond motifs is 1. The molecule has 0 spiro atoms. The van der Waals surface area contributed by atoms with E-state index in [0.29, 0.717) is 23.6 Å². The molecule has 40 heavy (non-hydrogen) atoms. The van der Waals surface area contributed by atoms with Gasteiger partial charge < -0.3 is 0 Å². The molecule has 0 saturated carbocycles. The number of rotatable bonds is 7. The molecule has 2 heterocycles. The standard InChI is InChI=1S/C31H27F4N3O2/c1-3-37-29-27(19(2)36-38(29)24-10-5-4-6-11-24)28(21-12-14-23(32)15-13-21)26(30(37)40)18-25(39)17-20-8-7-9-22(16-20)31(33,34)35/h4-16,26,28H,3,17-18H2,1-2H3/t26-,28+/m0/s1. The fraction of sp³-hybridized carbons (Fsp3) is 0.258. The third-order valence-electron chi connectivity index (χ3n) is 7.28. The minimum atomic E-state index is -4.53. The number of carbonyl (C=O) groups is 2. The van der Waals surface area contributed by atoms with Crippen LogP contribution in [0.1, 0.15) is 47.2 Å².